The second-order valence-corrected chi connectivity index (χ2v) is 3.37. The van der Waals surface area contributed by atoms with Gasteiger partial charge in [0.15, 0.2) is 0 Å². The summed E-state index contributed by atoms with van der Waals surface area (Å²) in [7, 11) is 0. The second kappa shape index (κ2) is 3.13. The van der Waals surface area contributed by atoms with Crippen LogP contribution in [0.25, 0.3) is 0 Å². The van der Waals surface area contributed by atoms with E-state index in [4.69, 9.17) is 10.2 Å². The van der Waals surface area contributed by atoms with Gasteiger partial charge in [-0.1, -0.05) is 0 Å². The lowest BCUT2D eigenvalue weighted by atomic mass is 10.1. The van der Waals surface area contributed by atoms with E-state index in [2.05, 4.69) is 5.38 Å². The maximum atomic E-state index is 5.95. The van der Waals surface area contributed by atoms with Gasteiger partial charge in [-0.2, -0.15) is 11.3 Å². The highest BCUT2D eigenvalue weighted by Gasteiger charge is 2.09. The van der Waals surface area contributed by atoms with Gasteiger partial charge in [0, 0.05) is 5.56 Å². The zero-order chi connectivity index (χ0) is 8.39. The molecule has 0 saturated carbocycles. The average Bonchev–Trinajstić information content (AvgIpc) is 2.77. The van der Waals surface area contributed by atoms with Gasteiger partial charge in [-0.3, -0.25) is 0 Å². The molecule has 0 aromatic carbocycles. The van der Waals surface area contributed by atoms with Gasteiger partial charge in [0.05, 0.1) is 18.6 Å². The van der Waals surface area contributed by atoms with Gasteiger partial charge in [-0.05, 0) is 28.5 Å². The first-order chi connectivity index (χ1) is 5.88. The van der Waals surface area contributed by atoms with E-state index in [0.29, 0.717) is 0 Å². The summed E-state index contributed by atoms with van der Waals surface area (Å²) < 4.78 is 4.96. The summed E-state index contributed by atoms with van der Waals surface area (Å²) in [5.41, 5.74) is 8.11. The monoisotopic (exact) mass is 179 g/mol. The molecule has 62 valence electrons. The normalized spacial score (nSPS) is 13.1. The summed E-state index contributed by atoms with van der Waals surface area (Å²) in [6.07, 6.45) is 3.32. The Labute approximate surface area is 74.6 Å². The SMILES string of the molecule is N[C@@H](c1ccoc1)c1ccsc1. The van der Waals surface area contributed by atoms with E-state index in [1.54, 1.807) is 23.9 Å². The Kier molecular flexibility index (Phi) is 1.98. The Morgan fingerprint density at radius 2 is 2.25 bits per heavy atom. The molecule has 2 heterocycles. The number of hydrogen-bond acceptors (Lipinski definition) is 3. The predicted octanol–water partition coefficient (Wildman–Crippen LogP) is 2.39. The molecule has 12 heavy (non-hydrogen) atoms. The number of furan rings is 1. The molecule has 0 aliphatic heterocycles. The van der Waals surface area contributed by atoms with Crippen molar-refractivity contribution >= 4 is 11.3 Å². The molecule has 0 unspecified atom stereocenters. The molecule has 2 rings (SSSR count). The molecule has 2 N–H and O–H groups in total. The Morgan fingerprint density at radius 3 is 2.83 bits per heavy atom. The summed E-state index contributed by atoms with van der Waals surface area (Å²) in [5, 5.41) is 4.08. The van der Waals surface area contributed by atoms with Crippen LogP contribution >= 0.6 is 11.3 Å². The minimum Gasteiger partial charge on any atom is -0.472 e. The van der Waals surface area contributed by atoms with E-state index < -0.39 is 0 Å². The van der Waals surface area contributed by atoms with Crippen molar-refractivity contribution in [2.45, 2.75) is 6.04 Å². The molecule has 2 nitrogen and oxygen atoms in total. The van der Waals surface area contributed by atoms with Gasteiger partial charge in [-0.25, -0.2) is 0 Å². The molecule has 1 atom stereocenters. The van der Waals surface area contributed by atoms with Crippen LogP contribution in [0.5, 0.6) is 0 Å². The third-order valence-corrected chi connectivity index (χ3v) is 2.51. The van der Waals surface area contributed by atoms with Gasteiger partial charge < -0.3 is 10.2 Å². The van der Waals surface area contributed by atoms with Crippen LogP contribution in [0.3, 0.4) is 0 Å². The number of hydrogen-bond donors (Lipinski definition) is 1. The molecule has 0 aliphatic rings. The van der Waals surface area contributed by atoms with Crippen molar-refractivity contribution in [3.05, 3.63) is 46.5 Å². The number of rotatable bonds is 2. The van der Waals surface area contributed by atoms with E-state index in [9.17, 15) is 0 Å². The summed E-state index contributed by atoms with van der Waals surface area (Å²) in [4.78, 5) is 0. The van der Waals surface area contributed by atoms with E-state index in [-0.39, 0.29) is 6.04 Å². The van der Waals surface area contributed by atoms with Crippen LogP contribution in [-0.2, 0) is 0 Å². The topological polar surface area (TPSA) is 39.2 Å². The molecule has 3 heteroatoms. The maximum absolute atomic E-state index is 5.95. The van der Waals surface area contributed by atoms with E-state index in [1.165, 1.54) is 0 Å². The number of thiophene rings is 1. The van der Waals surface area contributed by atoms with Gasteiger partial charge in [0.25, 0.3) is 0 Å². The molecule has 0 bridgehead atoms. The lowest BCUT2D eigenvalue weighted by Crippen LogP contribution is -2.09. The molecule has 0 amide bonds. The third-order valence-electron chi connectivity index (χ3n) is 1.80. The molecular formula is C9H9NOS. The van der Waals surface area contributed by atoms with Gasteiger partial charge in [-0.15, -0.1) is 0 Å². The first-order valence-electron chi connectivity index (χ1n) is 3.67. The van der Waals surface area contributed by atoms with E-state index in [0.717, 1.165) is 11.1 Å². The Morgan fingerprint density at radius 1 is 1.33 bits per heavy atom. The number of nitrogens with two attached hydrogens (primary N) is 1. The van der Waals surface area contributed by atoms with Crippen LogP contribution < -0.4 is 5.73 Å². The van der Waals surface area contributed by atoms with Gasteiger partial charge >= 0.3 is 0 Å². The quantitative estimate of drug-likeness (QED) is 0.768. The first kappa shape index (κ1) is 7.58. The standard InChI is InChI=1S/C9H9NOS/c10-9(7-1-3-11-5-7)8-2-4-12-6-8/h1-6,9H,10H2/t9-/m0/s1. The van der Waals surface area contributed by atoms with Crippen LogP contribution in [0.4, 0.5) is 0 Å². The maximum Gasteiger partial charge on any atom is 0.0953 e. The van der Waals surface area contributed by atoms with E-state index >= 15 is 0 Å². The molecule has 0 aliphatic carbocycles. The van der Waals surface area contributed by atoms with Crippen molar-refractivity contribution in [1.29, 1.82) is 0 Å². The largest absolute Gasteiger partial charge is 0.472 e. The fourth-order valence-electron chi connectivity index (χ4n) is 1.10. The van der Waals surface area contributed by atoms with Crippen molar-refractivity contribution in [1.82, 2.24) is 0 Å². The molecular weight excluding hydrogens is 170 g/mol. The smallest absolute Gasteiger partial charge is 0.0953 e. The highest BCUT2D eigenvalue weighted by molar-refractivity contribution is 7.07. The predicted molar refractivity (Wildman–Crippen MR) is 49.1 cm³/mol. The average molecular weight is 179 g/mol. The summed E-state index contributed by atoms with van der Waals surface area (Å²) in [6, 6.07) is 3.87. The van der Waals surface area contributed by atoms with Crippen LogP contribution in [0.2, 0.25) is 0 Å². The lowest BCUT2D eigenvalue weighted by molar-refractivity contribution is 0.562. The van der Waals surface area contributed by atoms with Crippen LogP contribution in [0, 0.1) is 0 Å². The molecule has 0 saturated heterocycles. The van der Waals surface area contributed by atoms with Crippen molar-refractivity contribution in [2.24, 2.45) is 5.73 Å². The van der Waals surface area contributed by atoms with Crippen molar-refractivity contribution < 1.29 is 4.42 Å². The molecule has 0 fully saturated rings. The van der Waals surface area contributed by atoms with Crippen molar-refractivity contribution in [3.8, 4) is 0 Å². The Hall–Kier alpha value is -1.06. The Balaban J connectivity index is 2.27. The summed E-state index contributed by atoms with van der Waals surface area (Å²) >= 11 is 1.65. The fourth-order valence-corrected chi connectivity index (χ4v) is 1.79. The molecule has 0 radical (unpaired) electrons. The van der Waals surface area contributed by atoms with Crippen LogP contribution in [0.15, 0.2) is 39.8 Å². The highest BCUT2D eigenvalue weighted by Crippen LogP contribution is 2.21. The molecule has 2 aromatic rings. The fraction of sp³-hybridized carbons (Fsp3) is 0.111. The zero-order valence-electron chi connectivity index (χ0n) is 6.44. The summed E-state index contributed by atoms with van der Waals surface area (Å²) in [6.45, 7) is 0. The zero-order valence-corrected chi connectivity index (χ0v) is 7.25. The minimum absolute atomic E-state index is 0.0463. The highest BCUT2D eigenvalue weighted by atomic mass is 32.1. The van der Waals surface area contributed by atoms with Crippen LogP contribution in [0.1, 0.15) is 17.2 Å². The summed E-state index contributed by atoms with van der Waals surface area (Å²) in [5.74, 6) is 0. The minimum atomic E-state index is -0.0463. The van der Waals surface area contributed by atoms with Gasteiger partial charge in [0.2, 0.25) is 0 Å². The second-order valence-electron chi connectivity index (χ2n) is 2.59. The lowest BCUT2D eigenvalue weighted by Gasteiger charge is -2.05. The van der Waals surface area contributed by atoms with Crippen molar-refractivity contribution in [2.75, 3.05) is 0 Å². The van der Waals surface area contributed by atoms with Gasteiger partial charge in [0.1, 0.15) is 0 Å². The molecule has 0 spiro atoms. The van der Waals surface area contributed by atoms with Crippen molar-refractivity contribution in [3.63, 3.8) is 0 Å². The third kappa shape index (κ3) is 1.29. The van der Waals surface area contributed by atoms with Crippen LogP contribution in [-0.4, -0.2) is 0 Å². The Bertz CT molecular complexity index is 291. The first-order valence-corrected chi connectivity index (χ1v) is 4.62. The molecule has 2 aromatic heterocycles. The van der Waals surface area contributed by atoms with E-state index in [1.807, 2.05) is 17.5 Å².